The second kappa shape index (κ2) is 4.31. The molecule has 2 saturated carbocycles. The van der Waals surface area contributed by atoms with Crippen molar-refractivity contribution in [3.8, 4) is 0 Å². The molecule has 0 aliphatic heterocycles. The van der Waals surface area contributed by atoms with Gasteiger partial charge in [0, 0.05) is 0 Å². The fraction of sp³-hybridized carbons (Fsp3) is 0.471. The van der Waals surface area contributed by atoms with E-state index in [1.807, 2.05) is 0 Å². The van der Waals surface area contributed by atoms with Crippen LogP contribution in [0.1, 0.15) is 44.1 Å². The van der Waals surface area contributed by atoms with Gasteiger partial charge in [0.1, 0.15) is 0 Å². The average molecular weight is 325 g/mol. The van der Waals surface area contributed by atoms with Crippen molar-refractivity contribution in [2.24, 2.45) is 10.8 Å². The quantitative estimate of drug-likeness (QED) is 0.529. The minimum atomic E-state index is 0. The van der Waals surface area contributed by atoms with Gasteiger partial charge in [0.15, 0.2) is 0 Å². The maximum atomic E-state index is 3.85. The standard InChI is InChI=1S/C17H18.Rh/c1-2-6-14(7-3-1)15-12-16(10-11-16)13-17(15)8-4-5-9-17;/h1-3,6-7,13H,4-5,8-11H2;/q-2;+2. The van der Waals surface area contributed by atoms with Gasteiger partial charge < -0.3 is 6.42 Å². The molecule has 95 valence electrons. The molecule has 1 radical (unpaired) electrons. The summed E-state index contributed by atoms with van der Waals surface area (Å²) in [5, 5.41) is 0. The van der Waals surface area contributed by atoms with Crippen molar-refractivity contribution in [3.63, 3.8) is 0 Å². The molecule has 2 fully saturated rings. The van der Waals surface area contributed by atoms with E-state index in [1.165, 1.54) is 49.7 Å². The Morgan fingerprint density at radius 3 is 2.22 bits per heavy atom. The number of benzene rings is 1. The first kappa shape index (κ1) is 12.6. The van der Waals surface area contributed by atoms with Crippen molar-refractivity contribution in [2.45, 2.75) is 38.5 Å². The zero-order chi connectivity index (χ0) is 11.3. The molecule has 1 heteroatoms. The van der Waals surface area contributed by atoms with E-state index in [0.717, 1.165) is 0 Å². The number of rotatable bonds is 1. The summed E-state index contributed by atoms with van der Waals surface area (Å²) in [6.45, 7) is 0. The van der Waals surface area contributed by atoms with Crippen LogP contribution in [0.3, 0.4) is 0 Å². The zero-order valence-corrected chi connectivity index (χ0v) is 12.2. The second-order valence-electron chi connectivity index (χ2n) is 6.03. The third-order valence-electron chi connectivity index (χ3n) is 4.77. The zero-order valence-electron chi connectivity index (χ0n) is 10.5. The van der Waals surface area contributed by atoms with E-state index in [0.29, 0.717) is 10.8 Å². The predicted octanol–water partition coefficient (Wildman–Crippen LogP) is 4.43. The summed E-state index contributed by atoms with van der Waals surface area (Å²) < 4.78 is 0. The SMILES string of the molecule is [C-]1=C(c2ccccc2)C2([CH-]C13CC3)CCCC2.[Rh+2]. The normalized spacial score (nSPS) is 26.1. The van der Waals surface area contributed by atoms with E-state index in [-0.39, 0.29) is 19.5 Å². The Morgan fingerprint density at radius 2 is 1.61 bits per heavy atom. The predicted molar refractivity (Wildman–Crippen MR) is 70.0 cm³/mol. The largest absolute Gasteiger partial charge is 2.00 e. The molecule has 0 amide bonds. The Balaban J connectivity index is 0.000001000. The molecule has 18 heavy (non-hydrogen) atoms. The van der Waals surface area contributed by atoms with Crippen molar-refractivity contribution in [1.82, 2.24) is 0 Å². The molecule has 0 atom stereocenters. The molecular formula is C17H18Rh. The minimum Gasteiger partial charge on any atom is -0.329 e. The molecule has 0 heterocycles. The minimum absolute atomic E-state index is 0. The molecule has 0 saturated heterocycles. The summed E-state index contributed by atoms with van der Waals surface area (Å²) in [7, 11) is 0. The van der Waals surface area contributed by atoms with Crippen molar-refractivity contribution in [1.29, 1.82) is 0 Å². The number of hydrogen-bond donors (Lipinski definition) is 0. The summed E-state index contributed by atoms with van der Waals surface area (Å²) in [6.07, 6.45) is 14.7. The molecule has 0 nitrogen and oxygen atoms in total. The molecule has 0 unspecified atom stereocenters. The summed E-state index contributed by atoms with van der Waals surface area (Å²) in [5.74, 6) is 0. The van der Waals surface area contributed by atoms with Gasteiger partial charge in [-0.15, -0.1) is 12.1 Å². The monoisotopic (exact) mass is 325 g/mol. The molecule has 4 rings (SSSR count). The summed E-state index contributed by atoms with van der Waals surface area (Å²) in [4.78, 5) is 0. The van der Waals surface area contributed by atoms with Gasteiger partial charge in [-0.05, 0) is 0 Å². The molecule has 0 bridgehead atoms. The molecule has 2 spiro atoms. The summed E-state index contributed by atoms with van der Waals surface area (Å²) in [6, 6.07) is 10.9. The van der Waals surface area contributed by atoms with Crippen LogP contribution in [0, 0.1) is 23.3 Å². The van der Waals surface area contributed by atoms with E-state index in [9.17, 15) is 0 Å². The van der Waals surface area contributed by atoms with Crippen LogP contribution in [0.2, 0.25) is 0 Å². The van der Waals surface area contributed by atoms with E-state index in [1.54, 1.807) is 0 Å². The third-order valence-corrected chi connectivity index (χ3v) is 4.77. The first-order valence-electron chi connectivity index (χ1n) is 6.90. The van der Waals surface area contributed by atoms with Gasteiger partial charge in [-0.3, -0.25) is 6.08 Å². The molecule has 0 aromatic heterocycles. The van der Waals surface area contributed by atoms with Crippen LogP contribution >= 0.6 is 0 Å². The van der Waals surface area contributed by atoms with E-state index in [4.69, 9.17) is 0 Å². The van der Waals surface area contributed by atoms with Gasteiger partial charge in [0.2, 0.25) is 0 Å². The van der Waals surface area contributed by atoms with Crippen LogP contribution in [0.4, 0.5) is 0 Å². The van der Waals surface area contributed by atoms with Crippen molar-refractivity contribution < 1.29 is 19.5 Å². The molecule has 1 aromatic rings. The van der Waals surface area contributed by atoms with Crippen LogP contribution in [0.15, 0.2) is 30.3 Å². The fourth-order valence-corrected chi connectivity index (χ4v) is 3.78. The van der Waals surface area contributed by atoms with Gasteiger partial charge in [-0.2, -0.15) is 11.0 Å². The Morgan fingerprint density at radius 1 is 0.944 bits per heavy atom. The van der Waals surface area contributed by atoms with E-state index in [2.05, 4.69) is 42.8 Å². The Labute approximate surface area is 123 Å². The molecule has 0 N–H and O–H groups in total. The van der Waals surface area contributed by atoms with Crippen LogP contribution in [0.25, 0.3) is 5.57 Å². The summed E-state index contributed by atoms with van der Waals surface area (Å²) in [5.41, 5.74) is 3.70. The number of hydrogen-bond acceptors (Lipinski definition) is 0. The van der Waals surface area contributed by atoms with Gasteiger partial charge >= 0.3 is 19.5 Å². The first-order valence-corrected chi connectivity index (χ1v) is 6.90. The van der Waals surface area contributed by atoms with Crippen molar-refractivity contribution >= 4 is 5.57 Å². The van der Waals surface area contributed by atoms with E-state index >= 15 is 0 Å². The van der Waals surface area contributed by atoms with Crippen LogP contribution in [-0.2, 0) is 19.5 Å². The summed E-state index contributed by atoms with van der Waals surface area (Å²) >= 11 is 0. The third kappa shape index (κ3) is 1.83. The average Bonchev–Trinajstić information content (AvgIpc) is 2.84. The topological polar surface area (TPSA) is 0 Å². The smallest absolute Gasteiger partial charge is 0.329 e. The van der Waals surface area contributed by atoms with Crippen molar-refractivity contribution in [2.75, 3.05) is 0 Å². The van der Waals surface area contributed by atoms with Crippen LogP contribution < -0.4 is 0 Å². The number of allylic oxidation sites excluding steroid dienone is 2. The second-order valence-corrected chi connectivity index (χ2v) is 6.03. The first-order chi connectivity index (χ1) is 8.32. The van der Waals surface area contributed by atoms with Crippen LogP contribution in [-0.4, -0.2) is 0 Å². The van der Waals surface area contributed by atoms with Crippen LogP contribution in [0.5, 0.6) is 0 Å². The Kier molecular flexibility index (Phi) is 3.02. The Hall–Kier alpha value is -0.417. The van der Waals surface area contributed by atoms with Gasteiger partial charge in [0.25, 0.3) is 0 Å². The molecule has 3 aliphatic carbocycles. The maximum Gasteiger partial charge on any atom is 2.00 e. The van der Waals surface area contributed by atoms with E-state index < -0.39 is 0 Å². The fourth-order valence-electron chi connectivity index (χ4n) is 3.78. The van der Waals surface area contributed by atoms with Gasteiger partial charge in [-0.1, -0.05) is 56.7 Å². The Bertz CT molecular complexity index is 462. The molecular weight excluding hydrogens is 307 g/mol. The van der Waals surface area contributed by atoms with Crippen molar-refractivity contribution in [3.05, 3.63) is 48.4 Å². The maximum absolute atomic E-state index is 3.85. The molecule has 3 aliphatic rings. The molecule has 1 aromatic carbocycles. The van der Waals surface area contributed by atoms with Gasteiger partial charge in [0.05, 0.1) is 0 Å². The van der Waals surface area contributed by atoms with Gasteiger partial charge in [-0.25, -0.2) is 11.0 Å².